The fraction of sp³-hybridized carbons (Fsp3) is 0.250. The third-order valence-corrected chi connectivity index (χ3v) is 5.23. The molecule has 0 heterocycles. The molecule has 28 heavy (non-hydrogen) atoms. The lowest BCUT2D eigenvalue weighted by Crippen LogP contribution is -2.31. The maximum absolute atomic E-state index is 12.1. The van der Waals surface area contributed by atoms with Crippen molar-refractivity contribution in [2.24, 2.45) is 0 Å². The summed E-state index contributed by atoms with van der Waals surface area (Å²) in [6.45, 7) is 4.19. The zero-order valence-corrected chi connectivity index (χ0v) is 17.2. The van der Waals surface area contributed by atoms with Gasteiger partial charge in [-0.2, -0.15) is 0 Å². The molecule has 0 unspecified atom stereocenters. The summed E-state index contributed by atoms with van der Waals surface area (Å²) in [6, 6.07) is 13.5. The van der Waals surface area contributed by atoms with Crippen LogP contribution in [0, 0.1) is 0 Å². The molecule has 0 spiro atoms. The monoisotopic (exact) mass is 422 g/mol. The topological polar surface area (TPSA) is 75.7 Å². The Morgan fingerprint density at radius 3 is 2.39 bits per heavy atom. The zero-order chi connectivity index (χ0) is 20.6. The summed E-state index contributed by atoms with van der Waals surface area (Å²) in [5.74, 6) is 0.494. The number of amides is 1. The van der Waals surface area contributed by atoms with Gasteiger partial charge in [-0.25, -0.2) is 8.42 Å². The van der Waals surface area contributed by atoms with Crippen LogP contribution < -0.4 is 14.4 Å². The standard InChI is InChI=1S/C20H23ClN2O4S/c1-3-15-27-19-12-8-17(9-13-19)22-20(24)5-4-14-23(28(2,25)26)18-10-6-16(21)7-11-18/h3,6-13H,1,4-5,14-15H2,2H3,(H,22,24). The second kappa shape index (κ2) is 10.1. The summed E-state index contributed by atoms with van der Waals surface area (Å²) < 4.78 is 30.8. The second-order valence-electron chi connectivity index (χ2n) is 6.09. The van der Waals surface area contributed by atoms with Gasteiger partial charge in [0.2, 0.25) is 15.9 Å². The summed E-state index contributed by atoms with van der Waals surface area (Å²) in [5.41, 5.74) is 1.16. The van der Waals surface area contributed by atoms with E-state index in [2.05, 4.69) is 11.9 Å². The number of nitrogens with one attached hydrogen (secondary N) is 1. The molecule has 0 fully saturated rings. The third kappa shape index (κ3) is 6.90. The number of hydrogen-bond acceptors (Lipinski definition) is 4. The molecular formula is C20H23ClN2O4S. The Bertz CT molecular complexity index is 897. The number of sulfonamides is 1. The van der Waals surface area contributed by atoms with E-state index in [0.29, 0.717) is 35.2 Å². The van der Waals surface area contributed by atoms with Crippen molar-refractivity contribution in [2.75, 3.05) is 29.0 Å². The number of hydrogen-bond donors (Lipinski definition) is 1. The molecule has 0 aliphatic rings. The third-order valence-electron chi connectivity index (χ3n) is 3.79. The number of halogens is 1. The maximum Gasteiger partial charge on any atom is 0.232 e. The highest BCUT2D eigenvalue weighted by atomic mass is 35.5. The molecule has 0 aliphatic heterocycles. The van der Waals surface area contributed by atoms with Crippen LogP contribution in [0.3, 0.4) is 0 Å². The maximum atomic E-state index is 12.1. The Labute approximate surface area is 170 Å². The highest BCUT2D eigenvalue weighted by molar-refractivity contribution is 7.92. The normalized spacial score (nSPS) is 10.9. The van der Waals surface area contributed by atoms with Crippen molar-refractivity contribution in [1.82, 2.24) is 0 Å². The van der Waals surface area contributed by atoms with Gasteiger partial charge < -0.3 is 10.1 Å². The Morgan fingerprint density at radius 2 is 1.82 bits per heavy atom. The minimum Gasteiger partial charge on any atom is -0.490 e. The Hall–Kier alpha value is -2.51. The van der Waals surface area contributed by atoms with Crippen molar-refractivity contribution in [3.05, 3.63) is 66.2 Å². The van der Waals surface area contributed by atoms with Gasteiger partial charge in [0, 0.05) is 23.7 Å². The summed E-state index contributed by atoms with van der Waals surface area (Å²) in [4.78, 5) is 12.1. The smallest absolute Gasteiger partial charge is 0.232 e. The van der Waals surface area contributed by atoms with Crippen molar-refractivity contribution in [3.8, 4) is 5.75 Å². The van der Waals surface area contributed by atoms with Gasteiger partial charge in [0.15, 0.2) is 0 Å². The molecule has 6 nitrogen and oxygen atoms in total. The van der Waals surface area contributed by atoms with Gasteiger partial charge in [-0.15, -0.1) is 0 Å². The number of benzene rings is 2. The van der Waals surface area contributed by atoms with E-state index in [1.165, 1.54) is 4.31 Å². The molecule has 2 aromatic rings. The second-order valence-corrected chi connectivity index (χ2v) is 8.43. The minimum absolute atomic E-state index is 0.189. The van der Waals surface area contributed by atoms with Crippen LogP contribution in [0.25, 0.3) is 0 Å². The SMILES string of the molecule is C=CCOc1ccc(NC(=O)CCCN(c2ccc(Cl)cc2)S(C)(=O)=O)cc1. The van der Waals surface area contributed by atoms with Crippen molar-refractivity contribution in [1.29, 1.82) is 0 Å². The quantitative estimate of drug-likeness (QED) is 0.585. The summed E-state index contributed by atoms with van der Waals surface area (Å²) in [5, 5.41) is 3.31. The van der Waals surface area contributed by atoms with E-state index < -0.39 is 10.0 Å². The van der Waals surface area contributed by atoms with Crippen LogP contribution in [0.2, 0.25) is 5.02 Å². The highest BCUT2D eigenvalue weighted by Crippen LogP contribution is 2.21. The van der Waals surface area contributed by atoms with E-state index in [1.54, 1.807) is 54.6 Å². The van der Waals surface area contributed by atoms with Crippen LogP contribution in [0.4, 0.5) is 11.4 Å². The molecule has 0 aliphatic carbocycles. The van der Waals surface area contributed by atoms with Crippen molar-refractivity contribution >= 4 is 38.9 Å². The average Bonchev–Trinajstić information content (AvgIpc) is 2.65. The molecule has 8 heteroatoms. The fourth-order valence-electron chi connectivity index (χ4n) is 2.49. The molecule has 0 aromatic heterocycles. The number of rotatable bonds is 10. The molecule has 2 aromatic carbocycles. The largest absolute Gasteiger partial charge is 0.490 e. The number of carbonyl (C=O) groups is 1. The van der Waals surface area contributed by atoms with Crippen LogP contribution in [0.1, 0.15) is 12.8 Å². The van der Waals surface area contributed by atoms with Gasteiger partial charge in [0.05, 0.1) is 11.9 Å². The zero-order valence-electron chi connectivity index (χ0n) is 15.6. The number of ether oxygens (including phenoxy) is 1. The molecule has 0 bridgehead atoms. The Balaban J connectivity index is 1.88. The Kier molecular flexibility index (Phi) is 7.90. The van der Waals surface area contributed by atoms with E-state index in [-0.39, 0.29) is 18.9 Å². The van der Waals surface area contributed by atoms with Crippen molar-refractivity contribution < 1.29 is 17.9 Å². The number of nitrogens with zero attached hydrogens (tertiary/aromatic N) is 1. The number of anilines is 2. The first-order valence-electron chi connectivity index (χ1n) is 8.66. The Morgan fingerprint density at radius 1 is 1.18 bits per heavy atom. The summed E-state index contributed by atoms with van der Waals surface area (Å²) in [7, 11) is -3.46. The molecular weight excluding hydrogens is 400 g/mol. The lowest BCUT2D eigenvalue weighted by Gasteiger charge is -2.22. The van der Waals surface area contributed by atoms with Crippen molar-refractivity contribution in [3.63, 3.8) is 0 Å². The predicted octanol–water partition coefficient (Wildman–Crippen LogP) is 4.09. The molecule has 2 rings (SSSR count). The molecule has 1 N–H and O–H groups in total. The molecule has 0 radical (unpaired) electrons. The molecule has 0 saturated heterocycles. The van der Waals surface area contributed by atoms with Gasteiger partial charge in [-0.05, 0) is 55.0 Å². The van der Waals surface area contributed by atoms with E-state index in [1.807, 2.05) is 0 Å². The first kappa shape index (κ1) is 21.8. The highest BCUT2D eigenvalue weighted by Gasteiger charge is 2.17. The van der Waals surface area contributed by atoms with Crippen LogP contribution >= 0.6 is 11.6 Å². The molecule has 0 saturated carbocycles. The lowest BCUT2D eigenvalue weighted by atomic mass is 10.2. The lowest BCUT2D eigenvalue weighted by molar-refractivity contribution is -0.116. The molecule has 0 atom stereocenters. The predicted molar refractivity (Wildman–Crippen MR) is 114 cm³/mol. The first-order chi connectivity index (χ1) is 13.3. The van der Waals surface area contributed by atoms with Crippen molar-refractivity contribution in [2.45, 2.75) is 12.8 Å². The van der Waals surface area contributed by atoms with Crippen LogP contribution in [0.5, 0.6) is 5.75 Å². The van der Waals surface area contributed by atoms with Gasteiger partial charge in [0.25, 0.3) is 0 Å². The van der Waals surface area contributed by atoms with Gasteiger partial charge >= 0.3 is 0 Å². The van der Waals surface area contributed by atoms with Gasteiger partial charge in [-0.1, -0.05) is 24.3 Å². The fourth-order valence-corrected chi connectivity index (χ4v) is 3.58. The van der Waals surface area contributed by atoms with E-state index in [4.69, 9.17) is 16.3 Å². The molecule has 1 amide bonds. The minimum atomic E-state index is -3.46. The first-order valence-corrected chi connectivity index (χ1v) is 10.9. The van der Waals surface area contributed by atoms with E-state index in [0.717, 1.165) is 6.26 Å². The average molecular weight is 423 g/mol. The summed E-state index contributed by atoms with van der Waals surface area (Å²) in [6.07, 6.45) is 3.35. The number of carbonyl (C=O) groups excluding carboxylic acids is 1. The van der Waals surface area contributed by atoms with Crippen LogP contribution in [-0.2, 0) is 14.8 Å². The van der Waals surface area contributed by atoms with E-state index >= 15 is 0 Å². The van der Waals surface area contributed by atoms with Gasteiger partial charge in [-0.3, -0.25) is 9.10 Å². The van der Waals surface area contributed by atoms with Crippen LogP contribution in [-0.4, -0.2) is 33.7 Å². The molecule has 150 valence electrons. The van der Waals surface area contributed by atoms with Crippen LogP contribution in [0.15, 0.2) is 61.2 Å². The van der Waals surface area contributed by atoms with E-state index in [9.17, 15) is 13.2 Å². The summed E-state index contributed by atoms with van der Waals surface area (Å²) >= 11 is 5.86. The van der Waals surface area contributed by atoms with Gasteiger partial charge in [0.1, 0.15) is 12.4 Å².